The Labute approximate surface area is 148 Å². The number of halogens is 1. The van der Waals surface area contributed by atoms with Gasteiger partial charge in [0.25, 0.3) is 0 Å². The van der Waals surface area contributed by atoms with E-state index < -0.39 is 0 Å². The Morgan fingerprint density at radius 1 is 1.17 bits per heavy atom. The molecule has 5 heteroatoms. The molecule has 2 aromatic rings. The maximum absolute atomic E-state index is 6.12. The minimum Gasteiger partial charge on any atom is -0.495 e. The molecule has 0 heterocycles. The zero-order valence-corrected chi connectivity index (χ0v) is 15.3. The summed E-state index contributed by atoms with van der Waals surface area (Å²) in [4.78, 5) is 0. The van der Waals surface area contributed by atoms with Gasteiger partial charge in [0.1, 0.15) is 5.75 Å². The maximum Gasteiger partial charge on any atom is 0.171 e. The molecule has 1 atom stereocenters. The highest BCUT2D eigenvalue weighted by Crippen LogP contribution is 2.27. The fourth-order valence-electron chi connectivity index (χ4n) is 2.41. The van der Waals surface area contributed by atoms with Crippen molar-refractivity contribution >= 4 is 34.6 Å². The molecule has 0 radical (unpaired) electrons. The van der Waals surface area contributed by atoms with Gasteiger partial charge in [0.2, 0.25) is 0 Å². The average molecular weight is 349 g/mol. The van der Waals surface area contributed by atoms with Crippen molar-refractivity contribution in [1.29, 1.82) is 0 Å². The Kier molecular flexibility index (Phi) is 5.85. The molecule has 0 amide bonds. The van der Waals surface area contributed by atoms with Crippen LogP contribution >= 0.6 is 23.8 Å². The van der Waals surface area contributed by atoms with Crippen molar-refractivity contribution in [2.45, 2.75) is 26.8 Å². The molecule has 0 spiro atoms. The summed E-state index contributed by atoms with van der Waals surface area (Å²) >= 11 is 11.5. The highest BCUT2D eigenvalue weighted by molar-refractivity contribution is 7.80. The van der Waals surface area contributed by atoms with E-state index in [1.807, 2.05) is 6.07 Å². The number of anilines is 1. The molecule has 2 aromatic carbocycles. The van der Waals surface area contributed by atoms with Crippen LogP contribution < -0.4 is 15.4 Å². The SMILES string of the molecule is COc1ccc(NC(=S)NC(C)c2cc(C)ccc2C)cc1Cl. The number of rotatable bonds is 4. The largest absolute Gasteiger partial charge is 0.495 e. The number of aryl methyl sites for hydroxylation is 2. The third-order valence-electron chi connectivity index (χ3n) is 3.66. The number of thiocarbonyl (C=S) groups is 1. The van der Waals surface area contributed by atoms with E-state index in [0.717, 1.165) is 5.69 Å². The van der Waals surface area contributed by atoms with Crippen molar-refractivity contribution in [1.82, 2.24) is 5.32 Å². The monoisotopic (exact) mass is 348 g/mol. The molecule has 1 unspecified atom stereocenters. The van der Waals surface area contributed by atoms with E-state index in [-0.39, 0.29) is 6.04 Å². The van der Waals surface area contributed by atoms with Crippen molar-refractivity contribution in [3.63, 3.8) is 0 Å². The highest BCUT2D eigenvalue weighted by atomic mass is 35.5. The molecule has 0 saturated heterocycles. The molecular formula is C18H21ClN2OS. The van der Waals surface area contributed by atoms with Gasteiger partial charge in [-0.2, -0.15) is 0 Å². The van der Waals surface area contributed by atoms with Crippen molar-refractivity contribution in [3.8, 4) is 5.75 Å². The van der Waals surface area contributed by atoms with Crippen LogP contribution in [0.2, 0.25) is 5.02 Å². The topological polar surface area (TPSA) is 33.3 Å². The Morgan fingerprint density at radius 2 is 1.91 bits per heavy atom. The number of hydrogen-bond acceptors (Lipinski definition) is 2. The lowest BCUT2D eigenvalue weighted by Gasteiger charge is -2.20. The highest BCUT2D eigenvalue weighted by Gasteiger charge is 2.10. The first kappa shape index (κ1) is 17.6. The van der Waals surface area contributed by atoms with Crippen LogP contribution in [-0.2, 0) is 0 Å². The van der Waals surface area contributed by atoms with Gasteiger partial charge in [-0.3, -0.25) is 0 Å². The van der Waals surface area contributed by atoms with Crippen molar-refractivity contribution in [2.75, 3.05) is 12.4 Å². The van der Waals surface area contributed by atoms with Crippen LogP contribution in [0.4, 0.5) is 5.69 Å². The summed E-state index contributed by atoms with van der Waals surface area (Å²) in [5.41, 5.74) is 4.54. The van der Waals surface area contributed by atoms with Gasteiger partial charge in [0.05, 0.1) is 18.2 Å². The third-order valence-corrected chi connectivity index (χ3v) is 4.17. The fourth-order valence-corrected chi connectivity index (χ4v) is 2.96. The Balaban J connectivity index is 2.04. The minimum absolute atomic E-state index is 0.114. The van der Waals surface area contributed by atoms with Gasteiger partial charge < -0.3 is 15.4 Å². The van der Waals surface area contributed by atoms with Crippen LogP contribution in [0.15, 0.2) is 36.4 Å². The van der Waals surface area contributed by atoms with Crippen molar-refractivity contribution < 1.29 is 4.74 Å². The van der Waals surface area contributed by atoms with E-state index in [1.165, 1.54) is 16.7 Å². The van der Waals surface area contributed by atoms with Gasteiger partial charge >= 0.3 is 0 Å². The number of methoxy groups -OCH3 is 1. The van der Waals surface area contributed by atoms with Gasteiger partial charge in [0.15, 0.2) is 5.11 Å². The molecule has 23 heavy (non-hydrogen) atoms. The van der Waals surface area contributed by atoms with E-state index in [1.54, 1.807) is 19.2 Å². The van der Waals surface area contributed by atoms with Gasteiger partial charge in [-0.15, -0.1) is 0 Å². The first-order chi connectivity index (χ1) is 10.9. The molecule has 0 aliphatic heterocycles. The van der Waals surface area contributed by atoms with Gasteiger partial charge in [-0.25, -0.2) is 0 Å². The van der Waals surface area contributed by atoms with Crippen molar-refractivity contribution in [2.24, 2.45) is 0 Å². The summed E-state index contributed by atoms with van der Waals surface area (Å²) in [5, 5.41) is 7.56. The van der Waals surface area contributed by atoms with Crippen LogP contribution in [0.25, 0.3) is 0 Å². The molecule has 0 bridgehead atoms. The second-order valence-electron chi connectivity index (χ2n) is 5.53. The fraction of sp³-hybridized carbons (Fsp3) is 0.278. The first-order valence-electron chi connectivity index (χ1n) is 7.39. The van der Waals surface area contributed by atoms with Crippen LogP contribution in [0.3, 0.4) is 0 Å². The lowest BCUT2D eigenvalue weighted by molar-refractivity contribution is 0.415. The minimum atomic E-state index is 0.114. The lowest BCUT2D eigenvalue weighted by atomic mass is 10.0. The van der Waals surface area contributed by atoms with E-state index in [9.17, 15) is 0 Å². The summed E-state index contributed by atoms with van der Waals surface area (Å²) < 4.78 is 5.14. The predicted octanol–water partition coefficient (Wildman–Crippen LogP) is 5.01. The van der Waals surface area contributed by atoms with E-state index in [0.29, 0.717) is 15.9 Å². The van der Waals surface area contributed by atoms with E-state index >= 15 is 0 Å². The van der Waals surface area contributed by atoms with Crippen molar-refractivity contribution in [3.05, 3.63) is 58.1 Å². The number of nitrogens with one attached hydrogen (secondary N) is 2. The molecule has 2 rings (SSSR count). The Bertz CT molecular complexity index is 718. The van der Waals surface area contributed by atoms with Crippen LogP contribution in [0.5, 0.6) is 5.75 Å². The lowest BCUT2D eigenvalue weighted by Crippen LogP contribution is -2.31. The standard InChI is InChI=1S/C18H21ClN2OS/c1-11-5-6-12(2)15(9-11)13(3)20-18(23)21-14-7-8-17(22-4)16(19)10-14/h5-10,13H,1-4H3,(H2,20,21,23). The smallest absolute Gasteiger partial charge is 0.171 e. The second kappa shape index (κ2) is 7.66. The van der Waals surface area contributed by atoms with E-state index in [4.69, 9.17) is 28.6 Å². The molecule has 3 nitrogen and oxygen atoms in total. The summed E-state index contributed by atoms with van der Waals surface area (Å²) in [7, 11) is 1.59. The molecule has 122 valence electrons. The van der Waals surface area contributed by atoms with Crippen LogP contribution in [-0.4, -0.2) is 12.2 Å². The third kappa shape index (κ3) is 4.60. The maximum atomic E-state index is 6.12. The normalized spacial score (nSPS) is 11.7. The van der Waals surface area contributed by atoms with Gasteiger partial charge in [0, 0.05) is 5.69 Å². The number of ether oxygens (including phenoxy) is 1. The summed E-state index contributed by atoms with van der Waals surface area (Å²) in [6.45, 7) is 6.29. The summed E-state index contributed by atoms with van der Waals surface area (Å²) in [5.74, 6) is 0.639. The predicted molar refractivity (Wildman–Crippen MR) is 102 cm³/mol. The molecule has 0 aliphatic carbocycles. The zero-order valence-electron chi connectivity index (χ0n) is 13.7. The van der Waals surface area contributed by atoms with Crippen LogP contribution in [0.1, 0.15) is 29.7 Å². The van der Waals surface area contributed by atoms with E-state index in [2.05, 4.69) is 49.6 Å². The first-order valence-corrected chi connectivity index (χ1v) is 8.17. The summed E-state index contributed by atoms with van der Waals surface area (Å²) in [6.07, 6.45) is 0. The molecule has 0 aliphatic rings. The Hall–Kier alpha value is -1.78. The molecule has 0 saturated carbocycles. The quantitative estimate of drug-likeness (QED) is 0.761. The number of hydrogen-bond donors (Lipinski definition) is 2. The molecule has 0 aromatic heterocycles. The molecule has 0 fully saturated rings. The number of benzene rings is 2. The molecule has 2 N–H and O–H groups in total. The summed E-state index contributed by atoms with van der Waals surface area (Å²) in [6, 6.07) is 12.0. The van der Waals surface area contributed by atoms with Crippen LogP contribution in [0, 0.1) is 13.8 Å². The molecular weight excluding hydrogens is 328 g/mol. The average Bonchev–Trinajstić information content (AvgIpc) is 2.49. The second-order valence-corrected chi connectivity index (χ2v) is 6.34. The Morgan fingerprint density at radius 3 is 2.57 bits per heavy atom. The van der Waals surface area contributed by atoms with Gasteiger partial charge in [-0.05, 0) is 62.3 Å². The van der Waals surface area contributed by atoms with Gasteiger partial charge in [-0.1, -0.05) is 35.4 Å². The zero-order chi connectivity index (χ0) is 17.0.